The van der Waals surface area contributed by atoms with Gasteiger partial charge in [0, 0.05) is 6.42 Å². The molecule has 1 aromatic rings. The third kappa shape index (κ3) is 3.52. The van der Waals surface area contributed by atoms with Crippen LogP contribution in [0.15, 0.2) is 58.5 Å². The quantitative estimate of drug-likeness (QED) is 0.494. The Hall–Kier alpha value is -2.98. The predicted molar refractivity (Wildman–Crippen MR) is 76.3 cm³/mol. The Labute approximate surface area is 120 Å². The van der Waals surface area contributed by atoms with Gasteiger partial charge in [0.1, 0.15) is 5.82 Å². The van der Waals surface area contributed by atoms with Crippen molar-refractivity contribution in [2.45, 2.75) is 6.42 Å². The molecule has 0 fully saturated rings. The van der Waals surface area contributed by atoms with E-state index >= 15 is 0 Å². The van der Waals surface area contributed by atoms with Crippen molar-refractivity contribution in [2.75, 3.05) is 0 Å². The fraction of sp³-hybridized carbons (Fsp3) is 0.0667. The van der Waals surface area contributed by atoms with Crippen LogP contribution in [-0.2, 0) is 16.0 Å². The van der Waals surface area contributed by atoms with Crippen LogP contribution >= 0.6 is 0 Å². The fourth-order valence-corrected chi connectivity index (χ4v) is 1.69. The van der Waals surface area contributed by atoms with Crippen molar-refractivity contribution in [1.82, 2.24) is 5.32 Å². The van der Waals surface area contributed by atoms with Crippen LogP contribution in [0.5, 0.6) is 0 Å². The second-order valence-corrected chi connectivity index (χ2v) is 4.11. The number of allylic oxidation sites excluding steroid dienone is 2. The molecule has 0 bridgehead atoms. The van der Waals surface area contributed by atoms with E-state index in [1.807, 2.05) is 0 Å². The molecule has 0 radical (unpaired) electrons. The molecule has 0 unspecified atom stereocenters. The lowest BCUT2D eigenvalue weighted by atomic mass is 10.1. The molecule has 1 aliphatic rings. The number of Topliss-reactive ketones (excluding diaryl/α,β-unsaturated/α-hetero) is 1. The molecule has 0 saturated heterocycles. The fourth-order valence-electron chi connectivity index (χ4n) is 1.69. The van der Waals surface area contributed by atoms with E-state index in [-0.39, 0.29) is 17.4 Å². The highest BCUT2D eigenvalue weighted by molar-refractivity contribution is 6.34. The molecule has 5 nitrogen and oxygen atoms in total. The molecule has 0 saturated carbocycles. The van der Waals surface area contributed by atoms with Crippen LogP contribution in [0.1, 0.15) is 5.56 Å². The Morgan fingerprint density at radius 2 is 2.19 bits per heavy atom. The van der Waals surface area contributed by atoms with Gasteiger partial charge in [-0.15, -0.1) is 0 Å². The molecule has 21 heavy (non-hydrogen) atoms. The molecule has 2 N–H and O–H groups in total. The van der Waals surface area contributed by atoms with E-state index in [0.717, 1.165) is 5.56 Å². The Bertz CT molecular complexity index is 683. The van der Waals surface area contributed by atoms with E-state index in [4.69, 9.17) is 10.1 Å². The van der Waals surface area contributed by atoms with Gasteiger partial charge in [0.05, 0.1) is 12.4 Å². The number of hydrogen-bond acceptors (Lipinski definition) is 5. The summed E-state index contributed by atoms with van der Waals surface area (Å²) in [6.45, 7) is 3.29. The van der Waals surface area contributed by atoms with Crippen LogP contribution in [0.3, 0.4) is 0 Å². The zero-order valence-corrected chi connectivity index (χ0v) is 11.0. The van der Waals surface area contributed by atoms with Crippen LogP contribution in [0.4, 0.5) is 4.39 Å². The van der Waals surface area contributed by atoms with Gasteiger partial charge >= 0.3 is 0 Å². The number of carbonyl (C=O) groups is 1. The standard InChI is InChI=1S/C15H12FN3O2/c1-18-14(13(20)9-17)15-19-7-6-12(21-15)8-10-2-4-11(16)5-3-10/h2-5,7,9,17,19H,1,8H2. The van der Waals surface area contributed by atoms with E-state index in [1.165, 1.54) is 18.3 Å². The first-order chi connectivity index (χ1) is 10.1. The maximum atomic E-state index is 12.9. The summed E-state index contributed by atoms with van der Waals surface area (Å²) in [5.41, 5.74) is 3.60. The number of ether oxygens (including phenoxy) is 1. The first-order valence-corrected chi connectivity index (χ1v) is 6.02. The molecule has 1 aliphatic heterocycles. The maximum absolute atomic E-state index is 12.9. The minimum Gasteiger partial charge on any atom is -0.434 e. The summed E-state index contributed by atoms with van der Waals surface area (Å²) in [6, 6.07) is 5.97. The van der Waals surface area contributed by atoms with Crippen molar-refractivity contribution in [3.05, 3.63) is 64.9 Å². The molecule has 1 heterocycles. The molecule has 2 rings (SSSR count). The molecular formula is C15H12FN3O2. The first-order valence-electron chi connectivity index (χ1n) is 6.02. The van der Waals surface area contributed by atoms with Gasteiger partial charge in [0.25, 0.3) is 0 Å². The minimum atomic E-state index is -0.621. The Kier molecular flexibility index (Phi) is 4.43. The maximum Gasteiger partial charge on any atom is 0.228 e. The summed E-state index contributed by atoms with van der Waals surface area (Å²) in [6.07, 6.45) is 2.48. The lowest BCUT2D eigenvalue weighted by Crippen LogP contribution is -2.18. The van der Waals surface area contributed by atoms with E-state index < -0.39 is 5.78 Å². The van der Waals surface area contributed by atoms with Crippen LogP contribution in [0.25, 0.3) is 0 Å². The van der Waals surface area contributed by atoms with Crippen LogP contribution in [-0.4, -0.2) is 18.7 Å². The topological polar surface area (TPSA) is 74.5 Å². The van der Waals surface area contributed by atoms with Gasteiger partial charge in [-0.25, -0.2) is 4.39 Å². The van der Waals surface area contributed by atoms with Crippen LogP contribution < -0.4 is 5.32 Å². The number of aliphatic imine (C=N–C) groups is 1. The summed E-state index contributed by atoms with van der Waals surface area (Å²) < 4.78 is 18.3. The molecule has 0 aliphatic carbocycles. The summed E-state index contributed by atoms with van der Waals surface area (Å²) in [4.78, 5) is 15.1. The third-order valence-corrected chi connectivity index (χ3v) is 2.68. The molecule has 0 aromatic heterocycles. The minimum absolute atomic E-state index is 0.0839. The summed E-state index contributed by atoms with van der Waals surface area (Å²) in [7, 11) is 0. The van der Waals surface area contributed by atoms with Crippen LogP contribution in [0, 0.1) is 11.2 Å². The van der Waals surface area contributed by atoms with Gasteiger partial charge in [-0.3, -0.25) is 9.79 Å². The van der Waals surface area contributed by atoms with Crippen molar-refractivity contribution < 1.29 is 13.9 Å². The van der Waals surface area contributed by atoms with Crippen LogP contribution in [0.2, 0.25) is 0 Å². The van der Waals surface area contributed by atoms with E-state index in [9.17, 15) is 9.18 Å². The predicted octanol–water partition coefficient (Wildman–Crippen LogP) is 2.07. The average Bonchev–Trinajstić information content (AvgIpc) is 2.50. The Balaban J connectivity index is 2.20. The molecular weight excluding hydrogens is 273 g/mol. The lowest BCUT2D eigenvalue weighted by Gasteiger charge is -2.16. The van der Waals surface area contributed by atoms with Gasteiger partial charge in [-0.2, -0.15) is 0 Å². The molecule has 0 amide bonds. The zero-order valence-electron chi connectivity index (χ0n) is 11.0. The van der Waals surface area contributed by atoms with Gasteiger partial charge in [0.2, 0.25) is 11.7 Å². The average molecular weight is 285 g/mol. The van der Waals surface area contributed by atoms with E-state index in [2.05, 4.69) is 22.8 Å². The number of ketones is 1. The smallest absolute Gasteiger partial charge is 0.228 e. The molecule has 6 heteroatoms. The Morgan fingerprint density at radius 1 is 1.48 bits per heavy atom. The summed E-state index contributed by atoms with van der Waals surface area (Å²) in [5.74, 6) is -0.405. The number of carbonyl (C=O) groups excluding carboxylic acids is 1. The SMILES string of the molecule is C=NC(C(=O)C=N)=C1NC=C=C(Cc2ccc(F)cc2)O1. The molecule has 106 valence electrons. The summed E-state index contributed by atoms with van der Waals surface area (Å²) >= 11 is 0. The monoisotopic (exact) mass is 285 g/mol. The number of benzene rings is 1. The number of nitrogens with zero attached hydrogens (tertiary/aromatic N) is 1. The summed E-state index contributed by atoms with van der Waals surface area (Å²) in [5, 5.41) is 9.66. The van der Waals surface area contributed by atoms with Crippen molar-refractivity contribution in [3.8, 4) is 0 Å². The normalized spacial score (nSPS) is 15.4. The lowest BCUT2D eigenvalue weighted by molar-refractivity contribution is -0.109. The van der Waals surface area contributed by atoms with Gasteiger partial charge in [0.15, 0.2) is 11.5 Å². The molecule has 0 atom stereocenters. The van der Waals surface area contributed by atoms with Crippen molar-refractivity contribution in [1.29, 1.82) is 5.41 Å². The number of hydrogen-bond donors (Lipinski definition) is 2. The van der Waals surface area contributed by atoms with Gasteiger partial charge < -0.3 is 15.5 Å². The number of rotatable bonds is 5. The highest BCUT2D eigenvalue weighted by atomic mass is 19.1. The van der Waals surface area contributed by atoms with Gasteiger partial charge in [-0.1, -0.05) is 17.9 Å². The van der Waals surface area contributed by atoms with Gasteiger partial charge in [-0.05, 0) is 24.4 Å². The highest BCUT2D eigenvalue weighted by Gasteiger charge is 2.17. The van der Waals surface area contributed by atoms with Crippen molar-refractivity contribution >= 4 is 18.7 Å². The van der Waals surface area contributed by atoms with E-state index in [0.29, 0.717) is 18.4 Å². The number of halogens is 1. The van der Waals surface area contributed by atoms with Crippen molar-refractivity contribution in [3.63, 3.8) is 0 Å². The van der Waals surface area contributed by atoms with E-state index in [1.54, 1.807) is 12.1 Å². The van der Waals surface area contributed by atoms with Crippen molar-refractivity contribution in [2.24, 2.45) is 4.99 Å². The molecule has 0 spiro atoms. The number of nitrogens with one attached hydrogen (secondary N) is 2. The second-order valence-electron chi connectivity index (χ2n) is 4.11. The largest absolute Gasteiger partial charge is 0.434 e. The molecule has 1 aromatic carbocycles. The second kappa shape index (κ2) is 6.45. The third-order valence-electron chi connectivity index (χ3n) is 2.68. The first kappa shape index (κ1) is 14.4. The highest BCUT2D eigenvalue weighted by Crippen LogP contribution is 2.17. The Morgan fingerprint density at radius 3 is 2.81 bits per heavy atom. The zero-order chi connectivity index (χ0) is 15.2.